The van der Waals surface area contributed by atoms with E-state index in [9.17, 15) is 27.2 Å². The van der Waals surface area contributed by atoms with E-state index >= 15 is 0 Å². The van der Waals surface area contributed by atoms with Crippen LogP contribution in [-0.2, 0) is 22.3 Å². The number of aliphatic carboxylic acids is 1. The van der Waals surface area contributed by atoms with Gasteiger partial charge in [-0.25, -0.2) is 13.9 Å². The number of hydrogen-bond acceptors (Lipinski definition) is 6. The lowest BCUT2D eigenvalue weighted by Crippen LogP contribution is -2.19. The number of alkyl halides is 3. The highest BCUT2D eigenvalue weighted by molar-refractivity contribution is 6.33. The van der Waals surface area contributed by atoms with Crippen molar-refractivity contribution in [3.63, 3.8) is 0 Å². The molecular weight excluding hydrogens is 450 g/mol. The minimum absolute atomic E-state index is 0.154. The summed E-state index contributed by atoms with van der Waals surface area (Å²) in [5.74, 6) is -4.36. The van der Waals surface area contributed by atoms with Crippen molar-refractivity contribution in [2.24, 2.45) is 0 Å². The molecule has 0 unspecified atom stereocenters. The van der Waals surface area contributed by atoms with Crippen molar-refractivity contribution in [3.8, 4) is 22.6 Å². The zero-order valence-corrected chi connectivity index (χ0v) is 16.3. The summed E-state index contributed by atoms with van der Waals surface area (Å²) in [5.41, 5.74) is -3.75. The fourth-order valence-electron chi connectivity index (χ4n) is 2.86. The van der Waals surface area contributed by atoms with Gasteiger partial charge in [0.1, 0.15) is 23.6 Å². The van der Waals surface area contributed by atoms with Gasteiger partial charge in [0.25, 0.3) is 0 Å². The normalized spacial score (nSPS) is 11.5. The Labute approximate surface area is 176 Å². The van der Waals surface area contributed by atoms with Gasteiger partial charge in [-0.15, -0.1) is 0 Å². The number of carbonyl (C=O) groups excluding carboxylic acids is 1. The molecule has 0 aliphatic rings. The topological polar surface area (TPSA) is 107 Å². The molecule has 3 rings (SSSR count). The number of aromatic nitrogens is 3. The van der Waals surface area contributed by atoms with Crippen molar-refractivity contribution in [1.82, 2.24) is 14.9 Å². The average molecular weight is 462 g/mol. The molecule has 3 aromatic rings. The average Bonchev–Trinajstić information content (AvgIpc) is 3.25. The molecule has 2 heterocycles. The second kappa shape index (κ2) is 8.38. The Kier molecular flexibility index (Phi) is 6.02. The van der Waals surface area contributed by atoms with E-state index < -0.39 is 58.8 Å². The quantitative estimate of drug-likeness (QED) is 0.431. The Bertz CT molecular complexity index is 1140. The summed E-state index contributed by atoms with van der Waals surface area (Å²) < 4.78 is 65.6. The molecule has 0 aliphatic heterocycles. The first-order valence-corrected chi connectivity index (χ1v) is 8.90. The molecule has 0 saturated carbocycles. The number of rotatable bonds is 6. The van der Waals surface area contributed by atoms with Gasteiger partial charge < -0.3 is 14.4 Å². The molecule has 0 spiro atoms. The van der Waals surface area contributed by atoms with E-state index in [0.29, 0.717) is 6.20 Å². The van der Waals surface area contributed by atoms with Crippen molar-refractivity contribution in [1.29, 1.82) is 0 Å². The van der Waals surface area contributed by atoms with Crippen LogP contribution >= 0.6 is 11.6 Å². The van der Waals surface area contributed by atoms with Gasteiger partial charge in [0.15, 0.2) is 11.5 Å². The predicted molar refractivity (Wildman–Crippen MR) is 96.7 cm³/mol. The maximum atomic E-state index is 14.4. The van der Waals surface area contributed by atoms with Crippen LogP contribution < -0.4 is 0 Å². The van der Waals surface area contributed by atoms with Crippen molar-refractivity contribution < 1.29 is 41.5 Å². The molecule has 0 radical (unpaired) electrons. The van der Waals surface area contributed by atoms with Crippen LogP contribution in [0.5, 0.6) is 0 Å². The molecule has 164 valence electrons. The monoisotopic (exact) mass is 461 g/mol. The van der Waals surface area contributed by atoms with E-state index in [2.05, 4.69) is 10.3 Å². The molecule has 0 fully saturated rings. The Morgan fingerprint density at radius 1 is 1.32 bits per heavy atom. The molecule has 13 heteroatoms. The molecular formula is C18H12ClF4N3O5. The molecule has 0 bridgehead atoms. The molecule has 1 aromatic carbocycles. The maximum absolute atomic E-state index is 14.4. The number of halogens is 5. The van der Waals surface area contributed by atoms with Gasteiger partial charge in [0.05, 0.1) is 29.0 Å². The van der Waals surface area contributed by atoms with Crippen LogP contribution in [0.4, 0.5) is 17.6 Å². The molecule has 0 saturated heterocycles. The molecule has 0 amide bonds. The third kappa shape index (κ3) is 4.24. The van der Waals surface area contributed by atoms with Gasteiger partial charge in [-0.2, -0.15) is 18.3 Å². The van der Waals surface area contributed by atoms with E-state index in [1.165, 1.54) is 19.1 Å². The van der Waals surface area contributed by atoms with Gasteiger partial charge in [0.2, 0.25) is 0 Å². The standard InChI is InChI=1S/C18H12ClF4N3O5/c1-2-30-17(29)13-14(12-9(19)4-3-5-10(12)20)25-31-15(13)8-6-24-26(7-11(27)28)16(8)18(21,22)23/h3-6H,2,7H2,1H3,(H,27,28). The Morgan fingerprint density at radius 3 is 2.61 bits per heavy atom. The number of hydrogen-bond donors (Lipinski definition) is 1. The SMILES string of the molecule is CCOC(=O)c1c(-c2c(F)cccc2Cl)noc1-c1cnn(CC(=O)O)c1C(F)(F)F. The number of carboxylic acid groups (broad SMARTS) is 1. The van der Waals surface area contributed by atoms with E-state index in [-0.39, 0.29) is 21.9 Å². The Hall–Kier alpha value is -3.41. The summed E-state index contributed by atoms with van der Waals surface area (Å²) in [6, 6.07) is 3.58. The van der Waals surface area contributed by atoms with Crippen molar-refractivity contribution in [2.75, 3.05) is 6.61 Å². The second-order valence-corrected chi connectivity index (χ2v) is 6.42. The largest absolute Gasteiger partial charge is 0.480 e. The summed E-state index contributed by atoms with van der Waals surface area (Å²) in [5, 5.41) is 15.7. The van der Waals surface area contributed by atoms with Crippen LogP contribution in [0.15, 0.2) is 28.9 Å². The van der Waals surface area contributed by atoms with Crippen LogP contribution in [0.25, 0.3) is 22.6 Å². The van der Waals surface area contributed by atoms with Crippen molar-refractivity contribution in [2.45, 2.75) is 19.6 Å². The van der Waals surface area contributed by atoms with Gasteiger partial charge in [-0.05, 0) is 19.1 Å². The summed E-state index contributed by atoms with van der Waals surface area (Å²) in [6.45, 7) is 0.189. The highest BCUT2D eigenvalue weighted by Gasteiger charge is 2.42. The lowest BCUT2D eigenvalue weighted by Gasteiger charge is -2.11. The number of ether oxygens (including phenoxy) is 1. The third-order valence-corrected chi connectivity index (χ3v) is 4.32. The highest BCUT2D eigenvalue weighted by Crippen LogP contribution is 2.42. The van der Waals surface area contributed by atoms with Gasteiger partial charge in [0, 0.05) is 0 Å². The summed E-state index contributed by atoms with van der Waals surface area (Å²) in [7, 11) is 0. The number of benzene rings is 1. The van der Waals surface area contributed by atoms with Gasteiger partial charge in [-0.1, -0.05) is 22.8 Å². The van der Waals surface area contributed by atoms with E-state index in [4.69, 9.17) is 26.0 Å². The smallest absolute Gasteiger partial charge is 0.433 e. The van der Waals surface area contributed by atoms with Crippen molar-refractivity contribution >= 4 is 23.5 Å². The van der Waals surface area contributed by atoms with Crippen LogP contribution in [0, 0.1) is 5.82 Å². The molecule has 2 aromatic heterocycles. The number of nitrogens with zero attached hydrogens (tertiary/aromatic N) is 3. The minimum atomic E-state index is -5.07. The maximum Gasteiger partial charge on any atom is 0.433 e. The number of carbonyl (C=O) groups is 2. The molecule has 1 N–H and O–H groups in total. The summed E-state index contributed by atoms with van der Waals surface area (Å²) >= 11 is 6.00. The lowest BCUT2D eigenvalue weighted by atomic mass is 10.0. The first-order valence-electron chi connectivity index (χ1n) is 8.52. The first-order chi connectivity index (χ1) is 14.6. The van der Waals surface area contributed by atoms with E-state index in [1.54, 1.807) is 0 Å². The molecule has 31 heavy (non-hydrogen) atoms. The van der Waals surface area contributed by atoms with Gasteiger partial charge in [-0.3, -0.25) is 4.79 Å². The fourth-order valence-corrected chi connectivity index (χ4v) is 3.11. The predicted octanol–water partition coefficient (Wildman–Crippen LogP) is 4.28. The Balaban J connectivity index is 2.31. The number of carboxylic acids is 1. The first kappa shape index (κ1) is 22.3. The number of esters is 1. The van der Waals surface area contributed by atoms with Crippen LogP contribution in [0.1, 0.15) is 23.0 Å². The second-order valence-electron chi connectivity index (χ2n) is 6.01. The summed E-state index contributed by atoms with van der Waals surface area (Å²) in [6.07, 6.45) is -4.41. The van der Waals surface area contributed by atoms with Gasteiger partial charge >= 0.3 is 18.1 Å². The zero-order valence-electron chi connectivity index (χ0n) is 15.5. The van der Waals surface area contributed by atoms with Crippen LogP contribution in [-0.4, -0.2) is 38.6 Å². The van der Waals surface area contributed by atoms with E-state index in [0.717, 1.165) is 6.07 Å². The molecule has 8 nitrogen and oxygen atoms in total. The van der Waals surface area contributed by atoms with Crippen molar-refractivity contribution in [3.05, 3.63) is 46.5 Å². The lowest BCUT2D eigenvalue weighted by molar-refractivity contribution is -0.146. The highest BCUT2D eigenvalue weighted by atomic mass is 35.5. The third-order valence-electron chi connectivity index (χ3n) is 4.01. The van der Waals surface area contributed by atoms with Crippen LogP contribution in [0.3, 0.4) is 0 Å². The molecule has 0 aliphatic carbocycles. The molecule has 0 atom stereocenters. The fraction of sp³-hybridized carbons (Fsp3) is 0.222. The minimum Gasteiger partial charge on any atom is -0.480 e. The Morgan fingerprint density at radius 2 is 2.03 bits per heavy atom. The zero-order chi connectivity index (χ0) is 22.9. The van der Waals surface area contributed by atoms with E-state index in [1.807, 2.05) is 0 Å². The van der Waals surface area contributed by atoms with Crippen LogP contribution in [0.2, 0.25) is 5.02 Å². The summed E-state index contributed by atoms with van der Waals surface area (Å²) in [4.78, 5) is 23.5.